The number of carbonyl (C=O) groups is 1. The maximum Gasteiger partial charge on any atom is 0.263 e. The average Bonchev–Trinajstić information content (AvgIpc) is 3.16. The largest absolute Gasteiger partial charge is 0.493 e. The second-order valence-corrected chi connectivity index (χ2v) is 15.5. The van der Waals surface area contributed by atoms with Crippen LogP contribution in [0.2, 0.25) is 0 Å². The number of anilines is 2. The van der Waals surface area contributed by atoms with Gasteiger partial charge in [0.25, 0.3) is 15.9 Å². The summed E-state index contributed by atoms with van der Waals surface area (Å²) in [7, 11) is -2.83. The van der Waals surface area contributed by atoms with E-state index in [1.807, 2.05) is 58.9 Å². The highest BCUT2D eigenvalue weighted by Crippen LogP contribution is 2.42. The van der Waals surface area contributed by atoms with Gasteiger partial charge in [-0.2, -0.15) is 15.0 Å². The number of benzene rings is 3. The maximum atomic E-state index is 14.1. The van der Waals surface area contributed by atoms with Crippen LogP contribution in [0.4, 0.5) is 11.5 Å². The van der Waals surface area contributed by atoms with Crippen LogP contribution in [0.1, 0.15) is 71.9 Å². The number of aromatic nitrogens is 4. The smallest absolute Gasteiger partial charge is 0.263 e. The van der Waals surface area contributed by atoms with Crippen molar-refractivity contribution in [1.82, 2.24) is 19.9 Å². The molecular weight excluding hydrogens is 737 g/mol. The fraction of sp³-hybridized carbons (Fsp3) is 0.341. The normalized spacial score (nSPS) is 11.5. The molecule has 0 fully saturated rings. The van der Waals surface area contributed by atoms with Crippen molar-refractivity contribution >= 4 is 27.4 Å². The highest BCUT2D eigenvalue weighted by molar-refractivity contribution is 7.92. The van der Waals surface area contributed by atoms with Crippen molar-refractivity contribution in [1.29, 1.82) is 0 Å². The van der Waals surface area contributed by atoms with Crippen LogP contribution in [0.15, 0.2) is 83.8 Å². The van der Waals surface area contributed by atoms with Gasteiger partial charge in [0.05, 0.1) is 44.3 Å². The predicted octanol–water partition coefficient (Wildman–Crippen LogP) is 8.16. The molecule has 5 aromatic rings. The number of sulfonamides is 1. The monoisotopic (exact) mass is 784 g/mol. The molecule has 14 nitrogen and oxygen atoms in total. The minimum Gasteiger partial charge on any atom is -0.493 e. The highest BCUT2D eigenvalue weighted by atomic mass is 32.2. The zero-order valence-electron chi connectivity index (χ0n) is 32.9. The Balaban J connectivity index is 1.62. The summed E-state index contributed by atoms with van der Waals surface area (Å²) in [6.07, 6.45) is -0.0914. The van der Waals surface area contributed by atoms with E-state index in [-0.39, 0.29) is 81.8 Å². The Kier molecular flexibility index (Phi) is 13.3. The summed E-state index contributed by atoms with van der Waals surface area (Å²) >= 11 is 0. The molecule has 0 aliphatic rings. The van der Waals surface area contributed by atoms with Crippen LogP contribution in [-0.4, -0.2) is 61.2 Å². The molecule has 2 heterocycles. The first-order valence-electron chi connectivity index (χ1n) is 18.2. The van der Waals surface area contributed by atoms with Gasteiger partial charge < -0.3 is 29.0 Å². The number of hydrogen-bond acceptors (Lipinski definition) is 12. The quantitative estimate of drug-likeness (QED) is 0.0928. The molecule has 5 rings (SSSR count). The molecule has 15 heteroatoms. The van der Waals surface area contributed by atoms with Crippen LogP contribution in [0.3, 0.4) is 0 Å². The van der Waals surface area contributed by atoms with Gasteiger partial charge in [-0.3, -0.25) is 9.52 Å². The SMILES string of the molecule is CCOc1cc(OCC)nc(-c2nc(NS(=O)(=O)c3ccc(C(C)(C)C)cc3)c(Oc3ccccc3OC)c(OCCC(=O)Nc3ccccc3C(C)C)n2)n1. The number of rotatable bonds is 17. The Bertz CT molecular complexity index is 2220. The molecule has 0 aliphatic carbocycles. The van der Waals surface area contributed by atoms with Crippen molar-refractivity contribution in [3.05, 3.63) is 90.0 Å². The van der Waals surface area contributed by atoms with Crippen molar-refractivity contribution < 1.29 is 36.9 Å². The van der Waals surface area contributed by atoms with Crippen molar-refractivity contribution in [2.45, 2.75) is 71.1 Å². The third-order valence-electron chi connectivity index (χ3n) is 8.27. The number of ether oxygens (including phenoxy) is 5. The van der Waals surface area contributed by atoms with Gasteiger partial charge in [0, 0.05) is 5.69 Å². The molecule has 0 radical (unpaired) electrons. The van der Waals surface area contributed by atoms with E-state index in [0.29, 0.717) is 24.7 Å². The molecule has 2 aromatic heterocycles. The van der Waals surface area contributed by atoms with E-state index in [1.54, 1.807) is 50.2 Å². The van der Waals surface area contributed by atoms with Crippen molar-refractivity contribution in [3.8, 4) is 46.5 Å². The predicted molar refractivity (Wildman–Crippen MR) is 214 cm³/mol. The summed E-state index contributed by atoms with van der Waals surface area (Å²) in [4.78, 5) is 31.3. The third kappa shape index (κ3) is 10.4. The number of hydrogen-bond donors (Lipinski definition) is 2. The fourth-order valence-corrected chi connectivity index (χ4v) is 6.44. The maximum absolute atomic E-state index is 14.1. The van der Waals surface area contributed by atoms with Gasteiger partial charge in [-0.05, 0) is 66.6 Å². The summed E-state index contributed by atoms with van der Waals surface area (Å²) in [6, 6.07) is 22.4. The Morgan fingerprint density at radius 3 is 2.00 bits per heavy atom. The summed E-state index contributed by atoms with van der Waals surface area (Å²) in [5.74, 6) is -0.123. The second-order valence-electron chi connectivity index (χ2n) is 13.8. The van der Waals surface area contributed by atoms with Gasteiger partial charge in [-0.1, -0.05) is 77.1 Å². The average molecular weight is 785 g/mol. The van der Waals surface area contributed by atoms with E-state index < -0.39 is 10.0 Å². The van der Waals surface area contributed by atoms with E-state index in [2.05, 4.69) is 30.0 Å². The molecule has 296 valence electrons. The van der Waals surface area contributed by atoms with Gasteiger partial charge in [0.15, 0.2) is 17.3 Å². The lowest BCUT2D eigenvalue weighted by atomic mass is 9.87. The molecule has 0 aliphatic heterocycles. The van der Waals surface area contributed by atoms with Gasteiger partial charge in [0.1, 0.15) is 0 Å². The molecule has 2 N–H and O–H groups in total. The first-order valence-corrected chi connectivity index (χ1v) is 19.7. The molecule has 0 saturated heterocycles. The van der Waals surface area contributed by atoms with Crippen molar-refractivity contribution in [3.63, 3.8) is 0 Å². The minimum absolute atomic E-state index is 0.0250. The molecule has 0 unspecified atom stereocenters. The number of amides is 1. The van der Waals surface area contributed by atoms with Crippen LogP contribution in [0.5, 0.6) is 34.9 Å². The summed E-state index contributed by atoms with van der Waals surface area (Å²) < 4.78 is 60.1. The zero-order valence-corrected chi connectivity index (χ0v) is 33.7. The number of nitrogens with zero attached hydrogens (tertiary/aromatic N) is 4. The number of carbonyl (C=O) groups excluding carboxylic acids is 1. The van der Waals surface area contributed by atoms with Gasteiger partial charge in [-0.25, -0.2) is 13.4 Å². The van der Waals surface area contributed by atoms with Crippen molar-refractivity contribution in [2.24, 2.45) is 0 Å². The van der Waals surface area contributed by atoms with Crippen molar-refractivity contribution in [2.75, 3.05) is 37.0 Å². The molecule has 0 spiro atoms. The first-order chi connectivity index (χ1) is 26.7. The molecule has 0 bridgehead atoms. The Morgan fingerprint density at radius 2 is 1.39 bits per heavy atom. The topological polar surface area (TPSA) is 173 Å². The van der Waals surface area contributed by atoms with Crippen LogP contribution in [-0.2, 0) is 20.2 Å². The Morgan fingerprint density at radius 1 is 0.786 bits per heavy atom. The number of nitrogens with one attached hydrogen (secondary N) is 2. The molecular formula is C41H48N6O8S. The van der Waals surface area contributed by atoms with E-state index in [9.17, 15) is 13.2 Å². The lowest BCUT2D eigenvalue weighted by molar-refractivity contribution is -0.116. The Labute approximate surface area is 328 Å². The van der Waals surface area contributed by atoms with Gasteiger partial charge in [0.2, 0.25) is 35.1 Å². The standard InChI is InChI=1S/C41H48N6O8S/c1-9-52-34-25-35(53-10-2)44-38(43-34)39-45-37(47-56(49,50)28-21-19-27(20-22-28)41(5,6)7)36(55-32-18-14-13-17-31(32)51-8)40(46-39)54-24-23-33(48)42-30-16-12-11-15-29(30)26(3)4/h11-22,25-26H,9-10,23-24H2,1-8H3,(H,42,48)(H,45,46,47). The van der Waals surface area contributed by atoms with Crippen LogP contribution in [0, 0.1) is 0 Å². The highest BCUT2D eigenvalue weighted by Gasteiger charge is 2.27. The Hall–Kier alpha value is -5.96. The van der Waals surface area contributed by atoms with Crippen LogP contribution in [0.25, 0.3) is 11.6 Å². The summed E-state index contributed by atoms with van der Waals surface area (Å²) in [5, 5.41) is 2.96. The summed E-state index contributed by atoms with van der Waals surface area (Å²) in [6.45, 7) is 14.2. The minimum atomic E-state index is -4.30. The molecule has 56 heavy (non-hydrogen) atoms. The van der Waals surface area contributed by atoms with E-state index in [0.717, 1.165) is 11.1 Å². The third-order valence-corrected chi connectivity index (χ3v) is 9.62. The molecule has 1 amide bonds. The number of methoxy groups -OCH3 is 1. The van der Waals surface area contributed by atoms with E-state index in [4.69, 9.17) is 23.7 Å². The lowest BCUT2D eigenvalue weighted by Crippen LogP contribution is -2.18. The first kappa shape index (κ1) is 41.2. The van der Waals surface area contributed by atoms with Gasteiger partial charge in [-0.15, -0.1) is 0 Å². The molecule has 0 saturated carbocycles. The van der Waals surface area contributed by atoms with Gasteiger partial charge >= 0.3 is 0 Å². The molecule has 3 aromatic carbocycles. The zero-order chi connectivity index (χ0) is 40.5. The van der Waals surface area contributed by atoms with Crippen LogP contribution < -0.4 is 33.7 Å². The summed E-state index contributed by atoms with van der Waals surface area (Å²) in [5.41, 5.74) is 2.43. The van der Waals surface area contributed by atoms with Crippen LogP contribution >= 0.6 is 0 Å². The van der Waals surface area contributed by atoms with E-state index >= 15 is 0 Å². The number of para-hydroxylation sites is 3. The molecule has 0 atom stereocenters. The second kappa shape index (κ2) is 18.1. The van der Waals surface area contributed by atoms with E-state index in [1.165, 1.54) is 25.3 Å². The lowest BCUT2D eigenvalue weighted by Gasteiger charge is -2.20. The fourth-order valence-electron chi connectivity index (χ4n) is 5.44.